The molecular weight excluding hydrogens is 500 g/mol. The first kappa shape index (κ1) is 23.4. The summed E-state index contributed by atoms with van der Waals surface area (Å²) in [4.78, 5) is 9.93. The molecule has 0 bridgehead atoms. The highest BCUT2D eigenvalue weighted by molar-refractivity contribution is 6.26. The molecule has 0 atom stereocenters. The van der Waals surface area contributed by atoms with Crippen LogP contribution in [-0.2, 0) is 6.67 Å². The molecular formula is C37H26N4. The minimum absolute atomic E-state index is 0.411. The topological polar surface area (TPSA) is 55.7 Å². The van der Waals surface area contributed by atoms with Crippen LogP contribution >= 0.6 is 0 Å². The lowest BCUT2D eigenvalue weighted by atomic mass is 9.93. The van der Waals surface area contributed by atoms with Crippen molar-refractivity contribution in [3.8, 4) is 22.3 Å². The third kappa shape index (κ3) is 3.69. The Bertz CT molecular complexity index is 2070. The van der Waals surface area contributed by atoms with Gasteiger partial charge in [-0.25, -0.2) is 9.98 Å². The van der Waals surface area contributed by atoms with Gasteiger partial charge in [-0.15, -0.1) is 0 Å². The number of nitrogens with zero attached hydrogens (tertiary/aromatic N) is 3. The maximum Gasteiger partial charge on any atom is 0.158 e. The zero-order chi connectivity index (χ0) is 27.3. The lowest BCUT2D eigenvalue weighted by molar-refractivity contribution is 0.791. The fraction of sp³-hybridized carbons (Fsp3) is 0.0270. The van der Waals surface area contributed by atoms with Crippen molar-refractivity contribution in [3.05, 3.63) is 145 Å². The van der Waals surface area contributed by atoms with Crippen LogP contribution < -0.4 is 5.73 Å². The summed E-state index contributed by atoms with van der Waals surface area (Å²) in [6.07, 6.45) is 0. The van der Waals surface area contributed by atoms with Crippen LogP contribution in [0, 0.1) is 0 Å². The van der Waals surface area contributed by atoms with E-state index in [-0.39, 0.29) is 0 Å². The SMILES string of the molecule is NC(=NC(=NCn1c2cccc3c2c2c(cccc21)-c1cccc2cccc-3c12)c1ccccc1)c1ccccc1. The fourth-order valence-corrected chi connectivity index (χ4v) is 6.28. The van der Waals surface area contributed by atoms with Crippen molar-refractivity contribution in [1.82, 2.24) is 4.57 Å². The molecule has 6 aromatic carbocycles. The molecule has 0 radical (unpaired) electrons. The lowest BCUT2D eigenvalue weighted by Gasteiger charge is -2.12. The Labute approximate surface area is 237 Å². The number of hydrogen-bond donors (Lipinski definition) is 1. The number of aliphatic imine (C=N–C) groups is 2. The standard InChI is InChI=1S/C37H26N4/c38-36(25-11-3-1-4-12-25)40-37(26-13-5-2-6-14-26)39-23-41-31-21-9-19-29-27-17-7-15-24-16-8-18-28(33(24)27)30-20-10-22-32(41)35(30)34(29)31/h1-22H,23H2,(H2,38,39,40). The second kappa shape index (κ2) is 9.32. The summed E-state index contributed by atoms with van der Waals surface area (Å²) in [7, 11) is 0. The van der Waals surface area contributed by atoms with Crippen molar-refractivity contribution >= 4 is 44.2 Å². The van der Waals surface area contributed by atoms with Gasteiger partial charge in [0.1, 0.15) is 12.5 Å². The van der Waals surface area contributed by atoms with E-state index in [9.17, 15) is 0 Å². The Morgan fingerprint density at radius 1 is 0.512 bits per heavy atom. The highest BCUT2D eigenvalue weighted by atomic mass is 15.1. The number of nitrogens with two attached hydrogens (primary N) is 1. The summed E-state index contributed by atoms with van der Waals surface area (Å²) in [6, 6.07) is 46.4. The van der Waals surface area contributed by atoms with Gasteiger partial charge in [0.25, 0.3) is 0 Å². The maximum atomic E-state index is 6.47. The van der Waals surface area contributed by atoms with Crippen LogP contribution in [0.2, 0.25) is 0 Å². The Kier molecular flexibility index (Phi) is 5.32. The van der Waals surface area contributed by atoms with E-state index in [1.165, 1.54) is 43.8 Å². The van der Waals surface area contributed by atoms with Crippen molar-refractivity contribution in [2.24, 2.45) is 15.7 Å². The van der Waals surface area contributed by atoms with Crippen molar-refractivity contribution < 1.29 is 0 Å². The Morgan fingerprint density at radius 2 is 1.00 bits per heavy atom. The van der Waals surface area contributed by atoms with Gasteiger partial charge in [0.2, 0.25) is 0 Å². The molecule has 0 saturated carbocycles. The van der Waals surface area contributed by atoms with E-state index in [1.807, 2.05) is 60.7 Å². The highest BCUT2D eigenvalue weighted by Crippen LogP contribution is 2.48. The molecule has 0 saturated heterocycles. The van der Waals surface area contributed by atoms with Gasteiger partial charge in [0.05, 0.1) is 11.0 Å². The third-order valence-corrected chi connectivity index (χ3v) is 8.09. The monoisotopic (exact) mass is 526 g/mol. The molecule has 0 fully saturated rings. The van der Waals surface area contributed by atoms with Crippen molar-refractivity contribution in [1.29, 1.82) is 0 Å². The Balaban J connectivity index is 1.36. The first-order chi connectivity index (χ1) is 20.3. The average Bonchev–Trinajstić information content (AvgIpc) is 3.30. The summed E-state index contributed by atoms with van der Waals surface area (Å²) in [5.74, 6) is 1.05. The number of rotatable bonds is 4. The minimum Gasteiger partial charge on any atom is -0.383 e. The predicted molar refractivity (Wildman–Crippen MR) is 172 cm³/mol. The van der Waals surface area contributed by atoms with Crippen LogP contribution in [0.25, 0.3) is 54.8 Å². The predicted octanol–water partition coefficient (Wildman–Crippen LogP) is 8.40. The quantitative estimate of drug-likeness (QED) is 0.182. The van der Waals surface area contributed by atoms with Crippen LogP contribution in [-0.4, -0.2) is 16.2 Å². The minimum atomic E-state index is 0.411. The molecule has 0 amide bonds. The van der Waals surface area contributed by atoms with Crippen LogP contribution in [0.15, 0.2) is 143 Å². The largest absolute Gasteiger partial charge is 0.383 e. The van der Waals surface area contributed by atoms with Crippen LogP contribution in [0.3, 0.4) is 0 Å². The summed E-state index contributed by atoms with van der Waals surface area (Å²) in [6.45, 7) is 0.411. The molecule has 8 rings (SSSR count). The van der Waals surface area contributed by atoms with Crippen LogP contribution in [0.1, 0.15) is 11.1 Å². The van der Waals surface area contributed by atoms with E-state index in [4.69, 9.17) is 15.7 Å². The second-order valence-corrected chi connectivity index (χ2v) is 10.4. The zero-order valence-corrected chi connectivity index (χ0v) is 22.3. The smallest absolute Gasteiger partial charge is 0.158 e. The molecule has 0 aliphatic heterocycles. The normalized spacial score (nSPS) is 12.9. The molecule has 1 aliphatic carbocycles. The molecule has 194 valence electrons. The lowest BCUT2D eigenvalue weighted by Crippen LogP contribution is -2.16. The molecule has 2 N–H and O–H groups in total. The van der Waals surface area contributed by atoms with Gasteiger partial charge in [-0.05, 0) is 45.2 Å². The first-order valence-electron chi connectivity index (χ1n) is 13.8. The van der Waals surface area contributed by atoms with E-state index in [0.29, 0.717) is 18.3 Å². The van der Waals surface area contributed by atoms with Crippen molar-refractivity contribution in [2.75, 3.05) is 0 Å². The Morgan fingerprint density at radius 3 is 1.56 bits per heavy atom. The maximum absolute atomic E-state index is 6.47. The average molecular weight is 527 g/mol. The van der Waals surface area contributed by atoms with Crippen molar-refractivity contribution in [2.45, 2.75) is 6.67 Å². The molecule has 4 heteroatoms. The number of fused-ring (bicyclic) bond motifs is 2. The van der Waals surface area contributed by atoms with Gasteiger partial charge in [0, 0.05) is 21.9 Å². The fourth-order valence-electron chi connectivity index (χ4n) is 6.28. The van der Waals surface area contributed by atoms with E-state index in [0.717, 1.165) is 22.2 Å². The molecule has 0 unspecified atom stereocenters. The van der Waals surface area contributed by atoms with E-state index in [1.54, 1.807) is 0 Å². The number of hydrogen-bond acceptors (Lipinski definition) is 1. The van der Waals surface area contributed by atoms with Gasteiger partial charge in [0.15, 0.2) is 5.84 Å². The number of amidine groups is 2. The second-order valence-electron chi connectivity index (χ2n) is 10.4. The molecule has 0 spiro atoms. The van der Waals surface area contributed by atoms with E-state index < -0.39 is 0 Å². The molecule has 1 aliphatic rings. The molecule has 1 aromatic heterocycles. The van der Waals surface area contributed by atoms with E-state index in [2.05, 4.69) is 77.4 Å². The number of aromatic nitrogens is 1. The summed E-state index contributed by atoms with van der Waals surface area (Å²) in [5, 5.41) is 5.11. The van der Waals surface area contributed by atoms with Crippen LogP contribution in [0.5, 0.6) is 0 Å². The summed E-state index contributed by atoms with van der Waals surface area (Å²) in [5.41, 5.74) is 15.6. The van der Waals surface area contributed by atoms with Crippen molar-refractivity contribution in [3.63, 3.8) is 0 Å². The van der Waals surface area contributed by atoms with Gasteiger partial charge >= 0.3 is 0 Å². The first-order valence-corrected chi connectivity index (χ1v) is 13.8. The molecule has 1 heterocycles. The Hall–Kier alpha value is -5.48. The molecule has 41 heavy (non-hydrogen) atoms. The summed E-state index contributed by atoms with van der Waals surface area (Å²) < 4.78 is 2.31. The van der Waals surface area contributed by atoms with Gasteiger partial charge in [-0.1, -0.05) is 121 Å². The third-order valence-electron chi connectivity index (χ3n) is 8.09. The number of benzene rings is 6. The zero-order valence-electron chi connectivity index (χ0n) is 22.3. The van der Waals surface area contributed by atoms with Gasteiger partial charge in [-0.3, -0.25) is 0 Å². The van der Waals surface area contributed by atoms with Gasteiger partial charge < -0.3 is 10.3 Å². The molecule has 7 aromatic rings. The highest BCUT2D eigenvalue weighted by Gasteiger charge is 2.23. The molecule has 4 nitrogen and oxygen atoms in total. The van der Waals surface area contributed by atoms with Gasteiger partial charge in [-0.2, -0.15) is 0 Å². The van der Waals surface area contributed by atoms with Crippen LogP contribution in [0.4, 0.5) is 0 Å². The summed E-state index contributed by atoms with van der Waals surface area (Å²) >= 11 is 0. The van der Waals surface area contributed by atoms with E-state index >= 15 is 0 Å².